The van der Waals surface area contributed by atoms with Gasteiger partial charge in [0, 0.05) is 19.3 Å². The molecule has 4 aromatic rings. The Hall–Kier alpha value is -3.96. The fourth-order valence-electron chi connectivity index (χ4n) is 3.26. The summed E-state index contributed by atoms with van der Waals surface area (Å²) in [7, 11) is 2.02. The molecule has 4 aromatic carbocycles. The number of aromatic carboxylic acids is 1. The molecule has 166 valence electrons. The van der Waals surface area contributed by atoms with Crippen LogP contribution in [-0.2, 0) is 6.54 Å². The van der Waals surface area contributed by atoms with Crippen molar-refractivity contribution in [1.29, 1.82) is 0 Å². The van der Waals surface area contributed by atoms with Gasteiger partial charge in [0.25, 0.3) is 0 Å². The highest BCUT2D eigenvalue weighted by Gasteiger charge is 2.09. The molecule has 6 heteroatoms. The molecule has 0 aliphatic heterocycles. The Bertz CT molecular complexity index is 1230. The number of benzene rings is 4. The van der Waals surface area contributed by atoms with Crippen LogP contribution in [0.15, 0.2) is 97.1 Å². The first-order chi connectivity index (χ1) is 16.0. The highest BCUT2D eigenvalue weighted by atomic mass is 35.5. The molecule has 0 aliphatic carbocycles. The minimum atomic E-state index is -1.03. The number of carboxylic acid groups (broad SMARTS) is 1. The zero-order valence-corrected chi connectivity index (χ0v) is 18.7. The molecule has 0 bridgehead atoms. The molecule has 0 amide bonds. The maximum atomic E-state index is 11.0. The molecule has 0 heterocycles. The van der Waals surface area contributed by atoms with Crippen LogP contribution in [0, 0.1) is 0 Å². The Morgan fingerprint density at radius 2 is 1.42 bits per heavy atom. The van der Waals surface area contributed by atoms with Crippen molar-refractivity contribution in [3.8, 4) is 23.0 Å². The van der Waals surface area contributed by atoms with Gasteiger partial charge in [0.2, 0.25) is 0 Å². The number of hydrogen-bond donors (Lipinski definition) is 1. The number of rotatable bonds is 8. The largest absolute Gasteiger partial charge is 0.478 e. The van der Waals surface area contributed by atoms with Crippen molar-refractivity contribution < 1.29 is 19.4 Å². The normalized spacial score (nSPS) is 10.5. The molecule has 0 spiro atoms. The van der Waals surface area contributed by atoms with Crippen LogP contribution in [-0.4, -0.2) is 18.1 Å². The third-order valence-corrected chi connectivity index (χ3v) is 5.30. The molecule has 0 fully saturated rings. The van der Waals surface area contributed by atoms with Gasteiger partial charge in [-0.3, -0.25) is 0 Å². The standard InChI is InChI=1S/C27H22ClNO4/c1-29(18-19-7-12-23(13-8-19)32-22-5-3-2-4-6-22)21-10-14-24(15-11-21)33-26-16-9-20(27(30)31)17-25(26)28/h2-17H,18H2,1H3,(H,30,31). The Balaban J connectivity index is 1.36. The average Bonchev–Trinajstić information content (AvgIpc) is 2.82. The Morgan fingerprint density at radius 3 is 2.06 bits per heavy atom. The van der Waals surface area contributed by atoms with E-state index in [-0.39, 0.29) is 10.6 Å². The molecule has 0 saturated carbocycles. The molecule has 5 nitrogen and oxygen atoms in total. The van der Waals surface area contributed by atoms with Crippen LogP contribution in [0.1, 0.15) is 15.9 Å². The second-order valence-corrected chi connectivity index (χ2v) is 7.87. The third-order valence-electron chi connectivity index (χ3n) is 5.01. The van der Waals surface area contributed by atoms with Gasteiger partial charge in [-0.2, -0.15) is 0 Å². The van der Waals surface area contributed by atoms with Crippen molar-refractivity contribution in [2.75, 3.05) is 11.9 Å². The van der Waals surface area contributed by atoms with Gasteiger partial charge in [-0.15, -0.1) is 0 Å². The van der Waals surface area contributed by atoms with Crippen LogP contribution in [0.25, 0.3) is 0 Å². The van der Waals surface area contributed by atoms with E-state index in [4.69, 9.17) is 26.2 Å². The maximum Gasteiger partial charge on any atom is 0.335 e. The molecule has 0 aromatic heterocycles. The summed E-state index contributed by atoms with van der Waals surface area (Å²) in [6.45, 7) is 0.730. The van der Waals surface area contributed by atoms with Gasteiger partial charge in [-0.25, -0.2) is 4.79 Å². The Labute approximate surface area is 197 Å². The van der Waals surface area contributed by atoms with Crippen LogP contribution < -0.4 is 14.4 Å². The number of carboxylic acids is 1. The van der Waals surface area contributed by atoms with E-state index in [0.29, 0.717) is 11.5 Å². The zero-order chi connectivity index (χ0) is 23.2. The number of ether oxygens (including phenoxy) is 2. The van der Waals surface area contributed by atoms with Crippen LogP contribution >= 0.6 is 11.6 Å². The first-order valence-electron chi connectivity index (χ1n) is 10.3. The first-order valence-corrected chi connectivity index (χ1v) is 10.7. The third kappa shape index (κ3) is 5.84. The number of carbonyl (C=O) groups is 1. The fraction of sp³-hybridized carbons (Fsp3) is 0.0741. The van der Waals surface area contributed by atoms with E-state index in [2.05, 4.69) is 17.0 Å². The molecule has 33 heavy (non-hydrogen) atoms. The quantitative estimate of drug-likeness (QED) is 0.300. The van der Waals surface area contributed by atoms with Crippen molar-refractivity contribution in [3.63, 3.8) is 0 Å². The highest BCUT2D eigenvalue weighted by Crippen LogP contribution is 2.31. The zero-order valence-electron chi connectivity index (χ0n) is 17.9. The molecule has 0 unspecified atom stereocenters. The lowest BCUT2D eigenvalue weighted by atomic mass is 10.2. The number of nitrogens with zero attached hydrogens (tertiary/aromatic N) is 1. The summed E-state index contributed by atoms with van der Waals surface area (Å²) < 4.78 is 11.6. The van der Waals surface area contributed by atoms with E-state index in [1.165, 1.54) is 12.1 Å². The van der Waals surface area contributed by atoms with Crippen LogP contribution in [0.5, 0.6) is 23.0 Å². The molecular formula is C27H22ClNO4. The number of hydrogen-bond acceptors (Lipinski definition) is 4. The predicted octanol–water partition coefficient (Wildman–Crippen LogP) is 7.26. The smallest absolute Gasteiger partial charge is 0.335 e. The number of anilines is 1. The van der Waals surface area contributed by atoms with E-state index in [1.54, 1.807) is 6.07 Å². The van der Waals surface area contributed by atoms with Crippen molar-refractivity contribution in [1.82, 2.24) is 0 Å². The minimum absolute atomic E-state index is 0.115. The van der Waals surface area contributed by atoms with Crippen molar-refractivity contribution >= 4 is 23.3 Å². The van der Waals surface area contributed by atoms with Crippen molar-refractivity contribution in [2.45, 2.75) is 6.54 Å². The lowest BCUT2D eigenvalue weighted by Gasteiger charge is -2.20. The minimum Gasteiger partial charge on any atom is -0.478 e. The van der Waals surface area contributed by atoms with Gasteiger partial charge < -0.3 is 19.5 Å². The monoisotopic (exact) mass is 459 g/mol. The summed E-state index contributed by atoms with van der Waals surface area (Å²) in [5.74, 6) is 1.59. The van der Waals surface area contributed by atoms with Gasteiger partial charge in [0.05, 0.1) is 10.6 Å². The Kier molecular flexibility index (Phi) is 6.81. The predicted molar refractivity (Wildman–Crippen MR) is 130 cm³/mol. The topological polar surface area (TPSA) is 59.0 Å². The summed E-state index contributed by atoms with van der Waals surface area (Å²) in [6.07, 6.45) is 0. The SMILES string of the molecule is CN(Cc1ccc(Oc2ccccc2)cc1)c1ccc(Oc2ccc(C(=O)O)cc2Cl)cc1. The van der Waals surface area contributed by atoms with E-state index in [1.807, 2.05) is 73.8 Å². The molecule has 0 radical (unpaired) electrons. The van der Waals surface area contributed by atoms with Crippen LogP contribution in [0.4, 0.5) is 5.69 Å². The molecular weight excluding hydrogens is 438 g/mol. The average molecular weight is 460 g/mol. The number of para-hydroxylation sites is 1. The number of halogens is 1. The van der Waals surface area contributed by atoms with E-state index < -0.39 is 5.97 Å². The van der Waals surface area contributed by atoms with Gasteiger partial charge in [-0.1, -0.05) is 41.9 Å². The van der Waals surface area contributed by atoms with E-state index in [0.717, 1.165) is 29.3 Å². The van der Waals surface area contributed by atoms with E-state index in [9.17, 15) is 4.79 Å². The Morgan fingerprint density at radius 1 is 0.818 bits per heavy atom. The molecule has 0 saturated heterocycles. The van der Waals surface area contributed by atoms with E-state index >= 15 is 0 Å². The summed E-state index contributed by atoms with van der Waals surface area (Å²) in [5, 5.41) is 9.29. The highest BCUT2D eigenvalue weighted by molar-refractivity contribution is 6.32. The first kappa shape index (κ1) is 22.2. The lowest BCUT2D eigenvalue weighted by Crippen LogP contribution is -2.16. The van der Waals surface area contributed by atoms with Gasteiger partial charge >= 0.3 is 5.97 Å². The maximum absolute atomic E-state index is 11.0. The molecule has 0 atom stereocenters. The van der Waals surface area contributed by atoms with Crippen LogP contribution in [0.3, 0.4) is 0 Å². The van der Waals surface area contributed by atoms with Gasteiger partial charge in [0.15, 0.2) is 0 Å². The summed E-state index contributed by atoms with van der Waals surface area (Å²) in [6, 6.07) is 29.7. The van der Waals surface area contributed by atoms with Gasteiger partial charge in [0.1, 0.15) is 23.0 Å². The fourth-order valence-corrected chi connectivity index (χ4v) is 3.48. The van der Waals surface area contributed by atoms with Crippen molar-refractivity contribution in [2.24, 2.45) is 0 Å². The second kappa shape index (κ2) is 10.1. The van der Waals surface area contributed by atoms with Gasteiger partial charge in [-0.05, 0) is 72.3 Å². The lowest BCUT2D eigenvalue weighted by molar-refractivity contribution is 0.0697. The summed E-state index contributed by atoms with van der Waals surface area (Å²) in [5.41, 5.74) is 2.30. The molecule has 4 rings (SSSR count). The molecule has 0 aliphatic rings. The summed E-state index contributed by atoms with van der Waals surface area (Å²) >= 11 is 6.15. The molecule has 1 N–H and O–H groups in total. The van der Waals surface area contributed by atoms with Crippen molar-refractivity contribution in [3.05, 3.63) is 113 Å². The second-order valence-electron chi connectivity index (χ2n) is 7.46. The summed E-state index contributed by atoms with van der Waals surface area (Å²) in [4.78, 5) is 13.2. The van der Waals surface area contributed by atoms with Crippen LogP contribution in [0.2, 0.25) is 5.02 Å².